The van der Waals surface area contributed by atoms with E-state index >= 15 is 0 Å². The Labute approximate surface area is 243 Å². The number of carbonyl (C=O) groups is 3. The SMILES string of the molecule is COc1ccc(C(=O)Nc2ccccc2C(=O)NC(Cc2ccc(O)cc2)C(=O)Nc2cccc3ccccc23)cc1. The zero-order valence-corrected chi connectivity index (χ0v) is 22.8. The lowest BCUT2D eigenvalue weighted by atomic mass is 10.0. The molecule has 0 radical (unpaired) electrons. The Bertz CT molecular complexity index is 1730. The highest BCUT2D eigenvalue weighted by Gasteiger charge is 2.24. The number of aromatic hydroxyl groups is 1. The molecule has 0 bridgehead atoms. The van der Waals surface area contributed by atoms with Crippen molar-refractivity contribution >= 4 is 39.9 Å². The van der Waals surface area contributed by atoms with Crippen LogP contribution in [-0.4, -0.2) is 36.0 Å². The number of rotatable bonds is 9. The Kier molecular flexibility index (Phi) is 8.44. The second kappa shape index (κ2) is 12.7. The van der Waals surface area contributed by atoms with Gasteiger partial charge in [-0.15, -0.1) is 0 Å². The Morgan fingerprint density at radius 2 is 1.38 bits per heavy atom. The predicted octanol–water partition coefficient (Wildman–Crippen LogP) is 5.79. The Hall–Kier alpha value is -5.63. The van der Waals surface area contributed by atoms with Crippen LogP contribution in [0.4, 0.5) is 11.4 Å². The molecule has 4 N–H and O–H groups in total. The van der Waals surface area contributed by atoms with Crippen molar-refractivity contribution in [3.63, 3.8) is 0 Å². The molecular formula is C34H29N3O5. The summed E-state index contributed by atoms with van der Waals surface area (Å²) in [6.07, 6.45) is 0.170. The average Bonchev–Trinajstić information content (AvgIpc) is 3.02. The number of hydrogen-bond donors (Lipinski definition) is 4. The van der Waals surface area contributed by atoms with Crippen LogP contribution in [0.5, 0.6) is 11.5 Å². The summed E-state index contributed by atoms with van der Waals surface area (Å²) in [5.41, 5.74) is 2.26. The summed E-state index contributed by atoms with van der Waals surface area (Å²) in [6, 6.07) is 32.0. The first-order valence-electron chi connectivity index (χ1n) is 13.3. The number of anilines is 2. The van der Waals surface area contributed by atoms with E-state index in [1.54, 1.807) is 67.8 Å². The molecule has 0 fully saturated rings. The molecule has 0 saturated heterocycles. The number of methoxy groups -OCH3 is 1. The summed E-state index contributed by atoms with van der Waals surface area (Å²) in [5.74, 6) is -0.619. The predicted molar refractivity (Wildman–Crippen MR) is 163 cm³/mol. The summed E-state index contributed by atoms with van der Waals surface area (Å²) in [7, 11) is 1.54. The van der Waals surface area contributed by atoms with Gasteiger partial charge in [0.05, 0.1) is 18.4 Å². The standard InChI is InChI=1S/C34H29N3O5/c1-42-26-19-15-24(16-20-26)32(39)35-30-11-5-4-10-28(30)33(40)37-31(21-22-13-17-25(38)18-14-22)34(41)36-29-12-6-8-23-7-2-3-9-27(23)29/h2-20,31,38H,21H2,1H3,(H,35,39)(H,36,41)(H,37,40). The molecule has 0 heterocycles. The molecule has 1 unspecified atom stereocenters. The van der Waals surface area contributed by atoms with Crippen LogP contribution in [0, 0.1) is 0 Å². The van der Waals surface area contributed by atoms with Gasteiger partial charge in [0.2, 0.25) is 5.91 Å². The third-order valence-electron chi connectivity index (χ3n) is 6.82. The van der Waals surface area contributed by atoms with E-state index in [2.05, 4.69) is 16.0 Å². The fourth-order valence-corrected chi connectivity index (χ4v) is 4.59. The number of amides is 3. The summed E-state index contributed by atoms with van der Waals surface area (Å²) in [4.78, 5) is 40.2. The number of phenols is 1. The van der Waals surface area contributed by atoms with E-state index in [1.165, 1.54) is 12.1 Å². The van der Waals surface area contributed by atoms with Gasteiger partial charge in [-0.2, -0.15) is 0 Å². The van der Waals surface area contributed by atoms with Crippen LogP contribution in [0.15, 0.2) is 115 Å². The highest BCUT2D eigenvalue weighted by atomic mass is 16.5. The van der Waals surface area contributed by atoms with Crippen molar-refractivity contribution < 1.29 is 24.2 Å². The van der Waals surface area contributed by atoms with E-state index in [0.717, 1.165) is 16.3 Å². The zero-order valence-electron chi connectivity index (χ0n) is 22.8. The van der Waals surface area contributed by atoms with Crippen LogP contribution >= 0.6 is 0 Å². The molecule has 8 nitrogen and oxygen atoms in total. The first kappa shape index (κ1) is 27.9. The topological polar surface area (TPSA) is 117 Å². The normalized spacial score (nSPS) is 11.4. The van der Waals surface area contributed by atoms with E-state index in [1.807, 2.05) is 42.5 Å². The van der Waals surface area contributed by atoms with Crippen LogP contribution in [0.2, 0.25) is 0 Å². The molecule has 0 aliphatic heterocycles. The van der Waals surface area contributed by atoms with Crippen LogP contribution in [0.1, 0.15) is 26.3 Å². The Balaban J connectivity index is 1.39. The first-order chi connectivity index (χ1) is 20.4. The fourth-order valence-electron chi connectivity index (χ4n) is 4.59. The molecule has 5 rings (SSSR count). The van der Waals surface area contributed by atoms with Crippen molar-refractivity contribution in [3.05, 3.63) is 132 Å². The number of hydrogen-bond acceptors (Lipinski definition) is 5. The van der Waals surface area contributed by atoms with Gasteiger partial charge in [0, 0.05) is 23.1 Å². The van der Waals surface area contributed by atoms with Crippen LogP contribution in [0.25, 0.3) is 10.8 Å². The third kappa shape index (κ3) is 6.56. The van der Waals surface area contributed by atoms with Gasteiger partial charge in [0.25, 0.3) is 11.8 Å². The van der Waals surface area contributed by atoms with Crippen LogP contribution in [0.3, 0.4) is 0 Å². The molecule has 8 heteroatoms. The van der Waals surface area contributed by atoms with Gasteiger partial charge in [-0.25, -0.2) is 0 Å². The monoisotopic (exact) mass is 559 g/mol. The van der Waals surface area contributed by atoms with Crippen molar-refractivity contribution in [2.45, 2.75) is 12.5 Å². The summed E-state index contributed by atoms with van der Waals surface area (Å²) in [6.45, 7) is 0. The van der Waals surface area contributed by atoms with E-state index < -0.39 is 23.8 Å². The molecule has 0 aromatic heterocycles. The van der Waals surface area contributed by atoms with E-state index in [-0.39, 0.29) is 17.7 Å². The number of carbonyl (C=O) groups excluding carboxylic acids is 3. The van der Waals surface area contributed by atoms with Crippen molar-refractivity contribution in [1.82, 2.24) is 5.32 Å². The lowest BCUT2D eigenvalue weighted by molar-refractivity contribution is -0.118. The summed E-state index contributed by atoms with van der Waals surface area (Å²) in [5, 5.41) is 20.2. The van der Waals surface area contributed by atoms with Gasteiger partial charge >= 0.3 is 0 Å². The second-order valence-electron chi connectivity index (χ2n) is 9.64. The highest BCUT2D eigenvalue weighted by Crippen LogP contribution is 2.24. The van der Waals surface area contributed by atoms with Gasteiger partial charge in [-0.05, 0) is 65.5 Å². The molecular weight excluding hydrogens is 530 g/mol. The lowest BCUT2D eigenvalue weighted by Crippen LogP contribution is -2.45. The number of fused-ring (bicyclic) bond motifs is 1. The highest BCUT2D eigenvalue weighted by molar-refractivity contribution is 6.10. The van der Waals surface area contributed by atoms with Gasteiger partial charge in [-0.1, -0.05) is 60.7 Å². The van der Waals surface area contributed by atoms with Gasteiger partial charge < -0.3 is 25.8 Å². The third-order valence-corrected chi connectivity index (χ3v) is 6.82. The van der Waals surface area contributed by atoms with Crippen LogP contribution < -0.4 is 20.7 Å². The number of phenolic OH excluding ortho intramolecular Hbond substituents is 1. The Morgan fingerprint density at radius 1 is 0.714 bits per heavy atom. The minimum atomic E-state index is -0.966. The van der Waals surface area contributed by atoms with E-state index in [4.69, 9.17) is 4.74 Å². The van der Waals surface area contributed by atoms with E-state index in [0.29, 0.717) is 22.7 Å². The van der Waals surface area contributed by atoms with Crippen molar-refractivity contribution in [1.29, 1.82) is 0 Å². The molecule has 5 aromatic rings. The number of benzene rings is 5. The van der Waals surface area contributed by atoms with Crippen molar-refractivity contribution in [2.75, 3.05) is 17.7 Å². The summed E-state index contributed by atoms with van der Waals surface area (Å²) < 4.78 is 5.15. The minimum Gasteiger partial charge on any atom is -0.508 e. The molecule has 0 aliphatic rings. The quantitative estimate of drug-likeness (QED) is 0.183. The van der Waals surface area contributed by atoms with Crippen LogP contribution in [-0.2, 0) is 11.2 Å². The molecule has 0 saturated carbocycles. The first-order valence-corrected chi connectivity index (χ1v) is 13.3. The maximum atomic E-state index is 13.6. The summed E-state index contributed by atoms with van der Waals surface area (Å²) >= 11 is 0. The number of ether oxygens (including phenoxy) is 1. The second-order valence-corrected chi connectivity index (χ2v) is 9.64. The van der Waals surface area contributed by atoms with Gasteiger partial charge in [0.1, 0.15) is 17.5 Å². The maximum absolute atomic E-state index is 13.6. The largest absolute Gasteiger partial charge is 0.508 e. The molecule has 1 atom stereocenters. The average molecular weight is 560 g/mol. The molecule has 3 amide bonds. The van der Waals surface area contributed by atoms with Gasteiger partial charge in [0.15, 0.2) is 0 Å². The van der Waals surface area contributed by atoms with E-state index in [9.17, 15) is 19.5 Å². The minimum absolute atomic E-state index is 0.0982. The maximum Gasteiger partial charge on any atom is 0.255 e. The molecule has 210 valence electrons. The lowest BCUT2D eigenvalue weighted by Gasteiger charge is -2.20. The Morgan fingerprint density at radius 3 is 2.14 bits per heavy atom. The van der Waals surface area contributed by atoms with Crippen molar-refractivity contribution in [2.24, 2.45) is 0 Å². The molecule has 0 aliphatic carbocycles. The smallest absolute Gasteiger partial charge is 0.255 e. The van der Waals surface area contributed by atoms with Crippen molar-refractivity contribution in [3.8, 4) is 11.5 Å². The molecule has 0 spiro atoms. The number of nitrogens with one attached hydrogen (secondary N) is 3. The fraction of sp³-hybridized carbons (Fsp3) is 0.0882. The number of para-hydroxylation sites is 1. The molecule has 5 aromatic carbocycles. The molecule has 42 heavy (non-hydrogen) atoms. The van der Waals surface area contributed by atoms with Gasteiger partial charge in [-0.3, -0.25) is 14.4 Å². The zero-order chi connectivity index (χ0) is 29.5.